The number of ether oxygens (including phenoxy) is 1. The molecule has 1 aromatic carbocycles. The zero-order valence-corrected chi connectivity index (χ0v) is 21.5. The third-order valence-electron chi connectivity index (χ3n) is 5.89. The summed E-state index contributed by atoms with van der Waals surface area (Å²) >= 11 is 3.37. The minimum atomic E-state index is -3.69. The molecule has 1 fully saturated rings. The van der Waals surface area contributed by atoms with Gasteiger partial charge in [0.25, 0.3) is 0 Å². The lowest BCUT2D eigenvalue weighted by Gasteiger charge is -2.34. The summed E-state index contributed by atoms with van der Waals surface area (Å²) in [4.78, 5) is 2.22. The Balaban J connectivity index is 1.48. The predicted molar refractivity (Wildman–Crippen MR) is 130 cm³/mol. The zero-order chi connectivity index (χ0) is 23.8. The van der Waals surface area contributed by atoms with Crippen LogP contribution in [0.4, 0.5) is 5.82 Å². The van der Waals surface area contributed by atoms with E-state index in [1.807, 2.05) is 44.7 Å². The molecule has 3 heterocycles. The van der Waals surface area contributed by atoms with Crippen LogP contribution in [0.1, 0.15) is 23.9 Å². The van der Waals surface area contributed by atoms with Crippen LogP contribution in [0.3, 0.4) is 0 Å². The van der Waals surface area contributed by atoms with Crippen molar-refractivity contribution in [2.24, 2.45) is 0 Å². The highest BCUT2D eigenvalue weighted by Gasteiger charge is 2.31. The minimum absolute atomic E-state index is 0.177. The molecule has 2 aromatic heterocycles. The first-order valence-electron chi connectivity index (χ1n) is 10.8. The molecule has 0 N–H and O–H groups in total. The lowest BCUT2D eigenvalue weighted by molar-refractivity contribution is 0.327. The van der Waals surface area contributed by atoms with Gasteiger partial charge in [0.15, 0.2) is 11.6 Å². The maximum Gasteiger partial charge on any atom is 0.246 e. The SMILES string of the molecule is CCOc1ccc(Br)cc1S(=O)(=O)N1CCN(c2ccc(-n3nc(C)c(C)c3C)nn2)CC1. The molecule has 0 saturated carbocycles. The Morgan fingerprint density at radius 3 is 2.24 bits per heavy atom. The molecule has 0 amide bonds. The van der Waals surface area contributed by atoms with Gasteiger partial charge in [-0.2, -0.15) is 9.40 Å². The van der Waals surface area contributed by atoms with Gasteiger partial charge >= 0.3 is 0 Å². The van der Waals surface area contributed by atoms with E-state index in [0.29, 0.717) is 54.6 Å². The Hall–Kier alpha value is -2.50. The molecule has 1 saturated heterocycles. The molecule has 9 nitrogen and oxygen atoms in total. The van der Waals surface area contributed by atoms with Crippen LogP contribution in [0.25, 0.3) is 5.82 Å². The Labute approximate surface area is 202 Å². The summed E-state index contributed by atoms with van der Waals surface area (Å²) < 4.78 is 36.2. The first-order valence-corrected chi connectivity index (χ1v) is 13.0. The number of aryl methyl sites for hydroxylation is 1. The number of sulfonamides is 1. The summed E-state index contributed by atoms with van der Waals surface area (Å²) in [6.45, 7) is 9.97. The molecular formula is C22H27BrN6O3S. The predicted octanol–water partition coefficient (Wildman–Crippen LogP) is 3.26. The van der Waals surface area contributed by atoms with E-state index in [-0.39, 0.29) is 4.90 Å². The molecule has 0 atom stereocenters. The van der Waals surface area contributed by atoms with Gasteiger partial charge in [-0.25, -0.2) is 13.1 Å². The molecule has 1 aliphatic rings. The van der Waals surface area contributed by atoms with Gasteiger partial charge in [0, 0.05) is 36.3 Å². The van der Waals surface area contributed by atoms with Crippen LogP contribution in [-0.4, -0.2) is 65.5 Å². The van der Waals surface area contributed by atoms with Gasteiger partial charge in [-0.15, -0.1) is 10.2 Å². The van der Waals surface area contributed by atoms with Crippen LogP contribution in [0, 0.1) is 20.8 Å². The number of aromatic nitrogens is 4. The standard InChI is InChI=1S/C22H27BrN6O3S/c1-5-32-19-7-6-18(23)14-20(19)33(30,31)28-12-10-27(11-13-28)21-8-9-22(25-24-21)29-17(4)15(2)16(3)26-29/h6-9,14H,5,10-13H2,1-4H3. The van der Waals surface area contributed by atoms with E-state index in [1.165, 1.54) is 4.31 Å². The van der Waals surface area contributed by atoms with Crippen molar-refractivity contribution in [3.05, 3.63) is 51.8 Å². The Morgan fingerprint density at radius 1 is 1.00 bits per heavy atom. The molecule has 176 valence electrons. The molecule has 4 rings (SSSR count). The van der Waals surface area contributed by atoms with Crippen molar-refractivity contribution >= 4 is 31.8 Å². The van der Waals surface area contributed by atoms with Crippen LogP contribution >= 0.6 is 15.9 Å². The second-order valence-electron chi connectivity index (χ2n) is 7.87. The number of hydrogen-bond acceptors (Lipinski definition) is 7. The molecule has 33 heavy (non-hydrogen) atoms. The highest BCUT2D eigenvalue weighted by Crippen LogP contribution is 2.31. The fourth-order valence-corrected chi connectivity index (χ4v) is 5.89. The number of nitrogens with zero attached hydrogens (tertiary/aromatic N) is 6. The molecule has 11 heteroatoms. The second kappa shape index (κ2) is 9.40. The first-order chi connectivity index (χ1) is 15.7. The topological polar surface area (TPSA) is 93.5 Å². The average molecular weight is 535 g/mol. The van der Waals surface area contributed by atoms with Crippen LogP contribution in [0.2, 0.25) is 0 Å². The van der Waals surface area contributed by atoms with Crippen molar-refractivity contribution in [3.8, 4) is 11.6 Å². The van der Waals surface area contributed by atoms with E-state index in [9.17, 15) is 8.42 Å². The molecule has 1 aliphatic heterocycles. The number of halogens is 1. The normalized spacial score (nSPS) is 15.1. The molecule has 0 radical (unpaired) electrons. The third-order valence-corrected chi connectivity index (χ3v) is 8.31. The molecule has 0 bridgehead atoms. The van der Waals surface area contributed by atoms with E-state index in [4.69, 9.17) is 4.74 Å². The summed E-state index contributed by atoms with van der Waals surface area (Å²) in [5.41, 5.74) is 3.14. The van der Waals surface area contributed by atoms with Crippen LogP contribution < -0.4 is 9.64 Å². The van der Waals surface area contributed by atoms with Gasteiger partial charge < -0.3 is 9.64 Å². The Bertz CT molecular complexity index is 1250. The van der Waals surface area contributed by atoms with Crippen LogP contribution in [-0.2, 0) is 10.0 Å². The second-order valence-corrected chi connectivity index (χ2v) is 10.7. The fourth-order valence-electron chi connectivity index (χ4n) is 3.80. The monoisotopic (exact) mass is 534 g/mol. The number of rotatable bonds is 6. The van der Waals surface area contributed by atoms with Gasteiger partial charge in [0.05, 0.1) is 12.3 Å². The lowest BCUT2D eigenvalue weighted by atomic mass is 10.2. The highest BCUT2D eigenvalue weighted by atomic mass is 79.9. The highest BCUT2D eigenvalue weighted by molar-refractivity contribution is 9.10. The summed E-state index contributed by atoms with van der Waals surface area (Å²) in [7, 11) is -3.69. The largest absolute Gasteiger partial charge is 0.492 e. The van der Waals surface area contributed by atoms with Gasteiger partial charge in [-0.05, 0) is 63.6 Å². The summed E-state index contributed by atoms with van der Waals surface area (Å²) in [5, 5.41) is 13.3. The molecule has 0 spiro atoms. The Kier molecular flexibility index (Phi) is 6.73. The van der Waals surface area contributed by atoms with Crippen LogP contribution in [0.15, 0.2) is 39.7 Å². The summed E-state index contributed by atoms with van der Waals surface area (Å²) in [6, 6.07) is 8.84. The average Bonchev–Trinajstić information content (AvgIpc) is 3.08. The summed E-state index contributed by atoms with van der Waals surface area (Å²) in [6.07, 6.45) is 0. The third kappa shape index (κ3) is 4.62. The van der Waals surface area contributed by atoms with Crippen molar-refractivity contribution < 1.29 is 13.2 Å². The molecule has 0 unspecified atom stereocenters. The molecular weight excluding hydrogens is 508 g/mol. The maximum atomic E-state index is 13.3. The van der Waals surface area contributed by atoms with Crippen molar-refractivity contribution in [3.63, 3.8) is 0 Å². The molecule has 0 aliphatic carbocycles. The van der Waals surface area contributed by atoms with E-state index in [2.05, 4.69) is 31.2 Å². The van der Waals surface area contributed by atoms with E-state index in [0.717, 1.165) is 17.0 Å². The van der Waals surface area contributed by atoms with Gasteiger partial charge in [-0.1, -0.05) is 15.9 Å². The number of benzene rings is 1. The maximum absolute atomic E-state index is 13.3. The minimum Gasteiger partial charge on any atom is -0.492 e. The quantitative estimate of drug-likeness (QED) is 0.479. The molecule has 3 aromatic rings. The Morgan fingerprint density at radius 2 is 1.67 bits per heavy atom. The number of hydrogen-bond donors (Lipinski definition) is 0. The van der Waals surface area contributed by atoms with E-state index in [1.54, 1.807) is 22.9 Å². The number of piperazine rings is 1. The summed E-state index contributed by atoms with van der Waals surface area (Å²) in [5.74, 6) is 1.74. The fraction of sp³-hybridized carbons (Fsp3) is 0.409. The van der Waals surface area contributed by atoms with E-state index >= 15 is 0 Å². The van der Waals surface area contributed by atoms with Crippen molar-refractivity contribution in [2.75, 3.05) is 37.7 Å². The van der Waals surface area contributed by atoms with Crippen molar-refractivity contribution in [1.82, 2.24) is 24.3 Å². The smallest absolute Gasteiger partial charge is 0.246 e. The first kappa shape index (κ1) is 23.7. The van der Waals surface area contributed by atoms with E-state index < -0.39 is 10.0 Å². The van der Waals surface area contributed by atoms with Crippen molar-refractivity contribution in [2.45, 2.75) is 32.6 Å². The zero-order valence-electron chi connectivity index (χ0n) is 19.1. The number of anilines is 1. The van der Waals surface area contributed by atoms with Crippen LogP contribution in [0.5, 0.6) is 5.75 Å². The lowest BCUT2D eigenvalue weighted by Crippen LogP contribution is -2.49. The van der Waals surface area contributed by atoms with Gasteiger partial charge in [0.1, 0.15) is 10.6 Å². The van der Waals surface area contributed by atoms with Crippen molar-refractivity contribution in [1.29, 1.82) is 0 Å². The van der Waals surface area contributed by atoms with Gasteiger partial charge in [0.2, 0.25) is 10.0 Å². The van der Waals surface area contributed by atoms with Gasteiger partial charge in [-0.3, -0.25) is 0 Å².